The summed E-state index contributed by atoms with van der Waals surface area (Å²) in [5.74, 6) is -0.714. The number of rotatable bonds is 3. The molecule has 2 rings (SSSR count). The minimum atomic E-state index is -3.92. The zero-order valence-electron chi connectivity index (χ0n) is 9.47. The van der Waals surface area contributed by atoms with Gasteiger partial charge in [-0.2, -0.15) is 0 Å². The van der Waals surface area contributed by atoms with Crippen molar-refractivity contribution in [2.45, 2.75) is 4.90 Å². The highest BCUT2D eigenvalue weighted by Gasteiger charge is 2.16. The van der Waals surface area contributed by atoms with Crippen LogP contribution in [0.25, 0.3) is 0 Å². The summed E-state index contributed by atoms with van der Waals surface area (Å²) in [7, 11) is -3.92. The fourth-order valence-corrected chi connectivity index (χ4v) is 2.44. The van der Waals surface area contributed by atoms with Gasteiger partial charge in [-0.1, -0.05) is 11.6 Å². The number of hydrogen-bond donors (Lipinski definition) is 2. The van der Waals surface area contributed by atoms with E-state index >= 15 is 0 Å². The molecule has 0 radical (unpaired) electrons. The average Bonchev–Trinajstić information content (AvgIpc) is 2.35. The van der Waals surface area contributed by atoms with E-state index in [0.29, 0.717) is 5.02 Å². The van der Waals surface area contributed by atoms with Crippen LogP contribution in [-0.4, -0.2) is 13.4 Å². The van der Waals surface area contributed by atoms with Gasteiger partial charge in [-0.15, -0.1) is 0 Å². The normalized spacial score (nSPS) is 11.3. The zero-order valence-corrected chi connectivity index (χ0v) is 11.0. The van der Waals surface area contributed by atoms with Gasteiger partial charge in [0.05, 0.1) is 15.6 Å². The van der Waals surface area contributed by atoms with Crippen LogP contribution in [0.1, 0.15) is 0 Å². The van der Waals surface area contributed by atoms with Gasteiger partial charge in [0.1, 0.15) is 11.6 Å². The first-order chi connectivity index (χ1) is 8.88. The number of nitrogens with two attached hydrogens (primary N) is 1. The van der Waals surface area contributed by atoms with Crippen molar-refractivity contribution in [1.29, 1.82) is 0 Å². The minimum absolute atomic E-state index is 0.0848. The molecule has 2 aromatic rings. The SMILES string of the molecule is Nc1ccc(S(=O)(=O)Nc2ccc(Cl)cn2)cc1F. The summed E-state index contributed by atoms with van der Waals surface area (Å²) in [6.45, 7) is 0. The van der Waals surface area contributed by atoms with E-state index in [2.05, 4.69) is 9.71 Å². The van der Waals surface area contributed by atoms with Crippen LogP contribution in [0.3, 0.4) is 0 Å². The van der Waals surface area contributed by atoms with Crippen LogP contribution < -0.4 is 10.5 Å². The molecular weight excluding hydrogens is 293 g/mol. The molecule has 1 aromatic heterocycles. The first kappa shape index (κ1) is 13.6. The quantitative estimate of drug-likeness (QED) is 0.852. The van der Waals surface area contributed by atoms with Crippen LogP contribution in [0.4, 0.5) is 15.9 Å². The van der Waals surface area contributed by atoms with Crippen molar-refractivity contribution >= 4 is 33.1 Å². The lowest BCUT2D eigenvalue weighted by Gasteiger charge is -2.08. The second kappa shape index (κ2) is 5.02. The molecule has 5 nitrogen and oxygen atoms in total. The van der Waals surface area contributed by atoms with Crippen molar-refractivity contribution in [2.75, 3.05) is 10.5 Å². The van der Waals surface area contributed by atoms with Gasteiger partial charge in [0, 0.05) is 6.20 Å². The van der Waals surface area contributed by atoms with Gasteiger partial charge < -0.3 is 5.73 Å². The number of nitrogens with zero attached hydrogens (tertiary/aromatic N) is 1. The maximum Gasteiger partial charge on any atom is 0.263 e. The molecule has 0 amide bonds. The zero-order chi connectivity index (χ0) is 14.0. The lowest BCUT2D eigenvalue weighted by Crippen LogP contribution is -2.14. The maximum atomic E-state index is 13.3. The van der Waals surface area contributed by atoms with E-state index in [1.165, 1.54) is 30.5 Å². The third-order valence-corrected chi connectivity index (χ3v) is 3.82. The van der Waals surface area contributed by atoms with Crippen molar-refractivity contribution in [2.24, 2.45) is 0 Å². The molecule has 0 spiro atoms. The summed E-state index contributed by atoms with van der Waals surface area (Å²) in [5, 5.41) is 0.376. The highest BCUT2D eigenvalue weighted by atomic mass is 35.5. The minimum Gasteiger partial charge on any atom is -0.396 e. The molecule has 1 heterocycles. The average molecular weight is 302 g/mol. The molecule has 0 aliphatic carbocycles. The Hall–Kier alpha value is -1.86. The number of benzene rings is 1. The number of nitrogens with one attached hydrogen (secondary N) is 1. The monoisotopic (exact) mass is 301 g/mol. The van der Waals surface area contributed by atoms with E-state index in [-0.39, 0.29) is 16.4 Å². The van der Waals surface area contributed by atoms with Crippen molar-refractivity contribution in [3.63, 3.8) is 0 Å². The van der Waals surface area contributed by atoms with Gasteiger partial charge in [0.15, 0.2) is 0 Å². The first-order valence-electron chi connectivity index (χ1n) is 5.08. The van der Waals surface area contributed by atoms with Crippen LogP contribution in [0.2, 0.25) is 5.02 Å². The van der Waals surface area contributed by atoms with Gasteiger partial charge in [0.25, 0.3) is 10.0 Å². The van der Waals surface area contributed by atoms with Crippen LogP contribution in [0.15, 0.2) is 41.4 Å². The molecule has 0 fully saturated rings. The number of nitrogen functional groups attached to an aromatic ring is 1. The van der Waals surface area contributed by atoms with Crippen molar-refractivity contribution in [3.8, 4) is 0 Å². The number of hydrogen-bond acceptors (Lipinski definition) is 4. The van der Waals surface area contributed by atoms with E-state index in [1.54, 1.807) is 0 Å². The second-order valence-electron chi connectivity index (χ2n) is 3.65. The molecule has 1 aromatic carbocycles. The summed E-state index contributed by atoms with van der Waals surface area (Å²) < 4.78 is 39.4. The Morgan fingerprint density at radius 1 is 1.26 bits per heavy atom. The second-order valence-corrected chi connectivity index (χ2v) is 5.77. The number of anilines is 2. The molecular formula is C11H9ClFN3O2S. The fraction of sp³-hybridized carbons (Fsp3) is 0. The summed E-state index contributed by atoms with van der Waals surface area (Å²) in [4.78, 5) is 3.55. The topological polar surface area (TPSA) is 85.1 Å². The number of pyridine rings is 1. The Kier molecular flexibility index (Phi) is 3.59. The molecule has 8 heteroatoms. The molecule has 0 saturated carbocycles. The van der Waals surface area contributed by atoms with Gasteiger partial charge in [-0.3, -0.25) is 4.72 Å². The van der Waals surface area contributed by atoms with Crippen LogP contribution >= 0.6 is 11.6 Å². The Morgan fingerprint density at radius 3 is 2.58 bits per heavy atom. The van der Waals surface area contributed by atoms with E-state index in [4.69, 9.17) is 17.3 Å². The summed E-state index contributed by atoms with van der Waals surface area (Å²) in [6.07, 6.45) is 1.29. The maximum absolute atomic E-state index is 13.3. The molecule has 0 unspecified atom stereocenters. The van der Waals surface area contributed by atoms with Gasteiger partial charge >= 0.3 is 0 Å². The van der Waals surface area contributed by atoms with Gasteiger partial charge in [-0.05, 0) is 30.3 Å². The molecule has 19 heavy (non-hydrogen) atoms. The van der Waals surface area contributed by atoms with E-state index < -0.39 is 15.8 Å². The largest absolute Gasteiger partial charge is 0.396 e. The van der Waals surface area contributed by atoms with Gasteiger partial charge in [0.2, 0.25) is 0 Å². The highest BCUT2D eigenvalue weighted by molar-refractivity contribution is 7.92. The third kappa shape index (κ3) is 3.12. The number of aromatic nitrogens is 1. The Morgan fingerprint density at radius 2 is 2.00 bits per heavy atom. The van der Waals surface area contributed by atoms with Crippen molar-refractivity contribution in [3.05, 3.63) is 47.4 Å². The summed E-state index contributed by atoms with van der Waals surface area (Å²) in [5.41, 5.74) is 5.16. The van der Waals surface area contributed by atoms with E-state index in [9.17, 15) is 12.8 Å². The van der Waals surface area contributed by atoms with Crippen LogP contribution in [-0.2, 0) is 10.0 Å². The predicted octanol–water partition coefficient (Wildman–Crippen LogP) is 2.26. The molecule has 0 aliphatic heterocycles. The smallest absolute Gasteiger partial charge is 0.263 e. The van der Waals surface area contributed by atoms with E-state index in [0.717, 1.165) is 6.07 Å². The van der Waals surface area contributed by atoms with E-state index in [1.807, 2.05) is 0 Å². The van der Waals surface area contributed by atoms with Crippen molar-refractivity contribution in [1.82, 2.24) is 4.98 Å². The Bertz CT molecular complexity index is 704. The standard InChI is InChI=1S/C11H9ClFN3O2S/c12-7-1-4-11(15-6-7)16-19(17,18)8-2-3-10(14)9(13)5-8/h1-6H,14H2,(H,15,16). The fourth-order valence-electron chi connectivity index (χ4n) is 1.31. The lowest BCUT2D eigenvalue weighted by molar-refractivity contribution is 0.596. The molecule has 0 aliphatic rings. The molecule has 0 saturated heterocycles. The Balaban J connectivity index is 2.32. The van der Waals surface area contributed by atoms with Gasteiger partial charge in [-0.25, -0.2) is 17.8 Å². The summed E-state index contributed by atoms with van der Waals surface area (Å²) >= 11 is 5.63. The third-order valence-electron chi connectivity index (χ3n) is 2.25. The Labute approximate surface area is 114 Å². The molecule has 0 bridgehead atoms. The van der Waals surface area contributed by atoms with Crippen LogP contribution in [0.5, 0.6) is 0 Å². The lowest BCUT2D eigenvalue weighted by atomic mass is 10.3. The predicted molar refractivity (Wildman–Crippen MR) is 70.9 cm³/mol. The molecule has 100 valence electrons. The number of sulfonamides is 1. The molecule has 3 N–H and O–H groups in total. The van der Waals surface area contributed by atoms with Crippen molar-refractivity contribution < 1.29 is 12.8 Å². The van der Waals surface area contributed by atoms with Crippen LogP contribution in [0, 0.1) is 5.82 Å². The summed E-state index contributed by atoms with van der Waals surface area (Å²) in [6, 6.07) is 6.10. The number of halogens is 2. The molecule has 0 atom stereocenters. The first-order valence-corrected chi connectivity index (χ1v) is 6.94. The highest BCUT2D eigenvalue weighted by Crippen LogP contribution is 2.19.